The molecule has 0 aromatic heterocycles. The minimum absolute atomic E-state index is 0.0460. The van der Waals surface area contributed by atoms with Crippen LogP contribution >= 0.6 is 22.6 Å². The van der Waals surface area contributed by atoms with Gasteiger partial charge in [-0.25, -0.2) is 0 Å². The van der Waals surface area contributed by atoms with E-state index in [0.717, 1.165) is 21.1 Å². The number of ketones is 1. The number of carbonyl (C=O) groups excluding carboxylic acids is 1. The van der Waals surface area contributed by atoms with Crippen molar-refractivity contribution in [2.75, 3.05) is 0 Å². The van der Waals surface area contributed by atoms with Crippen molar-refractivity contribution in [3.8, 4) is 0 Å². The van der Waals surface area contributed by atoms with Crippen molar-refractivity contribution in [2.45, 2.75) is 18.9 Å². The highest BCUT2D eigenvalue weighted by atomic mass is 127. The number of rotatable bonds is 0. The van der Waals surface area contributed by atoms with Crippen LogP contribution in [0.5, 0.6) is 0 Å². The van der Waals surface area contributed by atoms with Crippen LogP contribution in [0.1, 0.15) is 34.8 Å². The molecule has 1 atom stereocenters. The summed E-state index contributed by atoms with van der Waals surface area (Å²) in [7, 11) is 0. The molecular weight excluding hydrogens is 277 g/mol. The summed E-state index contributed by atoms with van der Waals surface area (Å²) >= 11 is 2.21. The van der Waals surface area contributed by atoms with E-state index in [1.807, 2.05) is 18.2 Å². The van der Waals surface area contributed by atoms with E-state index in [1.54, 1.807) is 0 Å². The fraction of sp³-hybridized carbons (Fsp3) is 0.300. The summed E-state index contributed by atoms with van der Waals surface area (Å²) in [4.78, 5) is 11.5. The first-order chi connectivity index (χ1) is 6.18. The van der Waals surface area contributed by atoms with Crippen molar-refractivity contribution in [1.29, 1.82) is 0 Å². The number of Topliss-reactive ketones (excluding diaryl/α,β-unsaturated/α-hetero) is 1. The van der Waals surface area contributed by atoms with Gasteiger partial charge in [0.05, 0.1) is 0 Å². The Labute approximate surface area is 90.6 Å². The molecule has 2 rings (SSSR count). The number of nitrogens with two attached hydrogens (primary N) is 1. The summed E-state index contributed by atoms with van der Waals surface area (Å²) < 4.78 is 1.10. The van der Waals surface area contributed by atoms with Gasteiger partial charge in [-0.2, -0.15) is 0 Å². The van der Waals surface area contributed by atoms with Crippen molar-refractivity contribution in [2.24, 2.45) is 5.73 Å². The summed E-state index contributed by atoms with van der Waals surface area (Å²) in [5.41, 5.74) is 7.74. The first-order valence-corrected chi connectivity index (χ1v) is 5.34. The number of benzene rings is 1. The molecule has 0 spiro atoms. The molecule has 0 aliphatic heterocycles. The van der Waals surface area contributed by atoms with Gasteiger partial charge < -0.3 is 5.73 Å². The Kier molecular flexibility index (Phi) is 2.38. The summed E-state index contributed by atoms with van der Waals surface area (Å²) in [6.07, 6.45) is 1.38. The molecule has 1 aromatic carbocycles. The normalized spacial score (nSPS) is 21.4. The number of hydrogen-bond donors (Lipinski definition) is 1. The van der Waals surface area contributed by atoms with Gasteiger partial charge in [0.1, 0.15) is 0 Å². The van der Waals surface area contributed by atoms with Crippen molar-refractivity contribution < 1.29 is 4.79 Å². The average molecular weight is 287 g/mol. The third kappa shape index (κ3) is 1.62. The molecule has 1 aromatic rings. The topological polar surface area (TPSA) is 43.1 Å². The predicted octanol–water partition coefficient (Wildman–Crippen LogP) is 2.27. The average Bonchev–Trinajstić information content (AvgIpc) is 2.12. The van der Waals surface area contributed by atoms with E-state index in [1.165, 1.54) is 0 Å². The Balaban J connectivity index is 2.57. The Morgan fingerprint density at radius 2 is 2.23 bits per heavy atom. The van der Waals surface area contributed by atoms with Gasteiger partial charge in [0.2, 0.25) is 0 Å². The van der Waals surface area contributed by atoms with Gasteiger partial charge in [0.15, 0.2) is 5.78 Å². The second-order valence-corrected chi connectivity index (χ2v) is 4.55. The maximum Gasteiger partial charge on any atom is 0.163 e. The zero-order valence-electron chi connectivity index (χ0n) is 7.09. The van der Waals surface area contributed by atoms with Crippen LogP contribution in [0.2, 0.25) is 0 Å². The molecule has 2 nitrogen and oxygen atoms in total. The molecule has 0 radical (unpaired) electrons. The van der Waals surface area contributed by atoms with E-state index >= 15 is 0 Å². The summed E-state index contributed by atoms with van der Waals surface area (Å²) in [5, 5.41) is 0. The predicted molar refractivity (Wildman–Crippen MR) is 59.7 cm³/mol. The molecule has 0 fully saturated rings. The van der Waals surface area contributed by atoms with Gasteiger partial charge in [-0.05, 0) is 46.7 Å². The first-order valence-electron chi connectivity index (χ1n) is 4.26. The number of fused-ring (bicyclic) bond motifs is 1. The second kappa shape index (κ2) is 3.38. The SMILES string of the molecule is NC1CCC(=O)c2cc(I)ccc21. The fourth-order valence-corrected chi connectivity index (χ4v) is 2.16. The van der Waals surface area contributed by atoms with Crippen LogP contribution in [0.3, 0.4) is 0 Å². The lowest BCUT2D eigenvalue weighted by molar-refractivity contribution is 0.0967. The van der Waals surface area contributed by atoms with E-state index in [4.69, 9.17) is 5.73 Å². The molecule has 0 bridgehead atoms. The second-order valence-electron chi connectivity index (χ2n) is 3.30. The fourth-order valence-electron chi connectivity index (χ4n) is 1.67. The van der Waals surface area contributed by atoms with E-state index in [9.17, 15) is 4.79 Å². The number of carbonyl (C=O) groups is 1. The van der Waals surface area contributed by atoms with Crippen LogP contribution < -0.4 is 5.73 Å². The lowest BCUT2D eigenvalue weighted by Gasteiger charge is -2.20. The molecule has 13 heavy (non-hydrogen) atoms. The largest absolute Gasteiger partial charge is 0.324 e. The maximum atomic E-state index is 11.5. The Hall–Kier alpha value is -0.420. The molecule has 1 aliphatic rings. The van der Waals surface area contributed by atoms with Gasteiger partial charge >= 0.3 is 0 Å². The summed E-state index contributed by atoms with van der Waals surface area (Å²) in [6, 6.07) is 5.94. The van der Waals surface area contributed by atoms with E-state index in [-0.39, 0.29) is 11.8 Å². The third-order valence-electron chi connectivity index (χ3n) is 2.40. The van der Waals surface area contributed by atoms with Crippen molar-refractivity contribution in [3.63, 3.8) is 0 Å². The Bertz CT molecular complexity index is 362. The van der Waals surface area contributed by atoms with Crippen LogP contribution in [-0.4, -0.2) is 5.78 Å². The molecule has 68 valence electrons. The molecule has 0 saturated heterocycles. The van der Waals surface area contributed by atoms with Crippen LogP contribution in [0.15, 0.2) is 18.2 Å². The molecule has 1 aliphatic carbocycles. The monoisotopic (exact) mass is 287 g/mol. The van der Waals surface area contributed by atoms with Crippen LogP contribution in [0, 0.1) is 3.57 Å². The minimum atomic E-state index is 0.0460. The number of hydrogen-bond acceptors (Lipinski definition) is 2. The van der Waals surface area contributed by atoms with Crippen LogP contribution in [0.4, 0.5) is 0 Å². The molecule has 0 amide bonds. The molecular formula is C10H10INO. The highest BCUT2D eigenvalue weighted by Gasteiger charge is 2.22. The van der Waals surface area contributed by atoms with Gasteiger partial charge in [0, 0.05) is 21.6 Å². The zero-order valence-corrected chi connectivity index (χ0v) is 9.24. The first kappa shape index (κ1) is 9.15. The van der Waals surface area contributed by atoms with Crippen LogP contribution in [0.25, 0.3) is 0 Å². The lowest BCUT2D eigenvalue weighted by atomic mass is 9.87. The minimum Gasteiger partial charge on any atom is -0.324 e. The van der Waals surface area contributed by atoms with Gasteiger partial charge in [-0.3, -0.25) is 4.79 Å². The van der Waals surface area contributed by atoms with Gasteiger partial charge in [-0.1, -0.05) is 6.07 Å². The van der Waals surface area contributed by atoms with Crippen molar-refractivity contribution in [3.05, 3.63) is 32.9 Å². The van der Waals surface area contributed by atoms with E-state index < -0.39 is 0 Å². The highest BCUT2D eigenvalue weighted by Crippen LogP contribution is 2.28. The lowest BCUT2D eigenvalue weighted by Crippen LogP contribution is -2.21. The van der Waals surface area contributed by atoms with Crippen molar-refractivity contribution >= 4 is 28.4 Å². The quantitative estimate of drug-likeness (QED) is 0.744. The van der Waals surface area contributed by atoms with Gasteiger partial charge in [0.25, 0.3) is 0 Å². The van der Waals surface area contributed by atoms with Crippen molar-refractivity contribution in [1.82, 2.24) is 0 Å². The Morgan fingerprint density at radius 3 is 3.00 bits per heavy atom. The number of halogens is 1. The molecule has 2 N–H and O–H groups in total. The maximum absolute atomic E-state index is 11.5. The molecule has 0 saturated carbocycles. The summed E-state index contributed by atoms with van der Waals surface area (Å²) in [5.74, 6) is 0.232. The van der Waals surface area contributed by atoms with E-state index in [2.05, 4.69) is 22.6 Å². The van der Waals surface area contributed by atoms with Crippen LogP contribution in [-0.2, 0) is 0 Å². The third-order valence-corrected chi connectivity index (χ3v) is 3.07. The van der Waals surface area contributed by atoms with E-state index in [0.29, 0.717) is 6.42 Å². The molecule has 1 unspecified atom stereocenters. The highest BCUT2D eigenvalue weighted by molar-refractivity contribution is 14.1. The van der Waals surface area contributed by atoms with Gasteiger partial charge in [-0.15, -0.1) is 0 Å². The smallest absolute Gasteiger partial charge is 0.163 e. The molecule has 3 heteroatoms. The Morgan fingerprint density at radius 1 is 1.46 bits per heavy atom. The zero-order chi connectivity index (χ0) is 9.42. The molecule has 0 heterocycles. The standard InChI is InChI=1S/C10H10INO/c11-6-1-2-7-8(5-6)10(13)4-3-9(7)12/h1-2,5,9H,3-4,12H2. The summed E-state index contributed by atoms with van der Waals surface area (Å²) in [6.45, 7) is 0.